The molecular formula is C18H27N. The topological polar surface area (TPSA) is 12.0 Å². The smallest absolute Gasteiger partial charge is 0.0127 e. The third kappa shape index (κ3) is 2.86. The van der Waals surface area contributed by atoms with Crippen molar-refractivity contribution in [1.29, 1.82) is 0 Å². The predicted octanol–water partition coefficient (Wildman–Crippen LogP) is 4.20. The fourth-order valence-corrected chi connectivity index (χ4v) is 4.14. The molecule has 0 radical (unpaired) electrons. The second-order valence-electron chi connectivity index (χ2n) is 6.75. The van der Waals surface area contributed by atoms with Gasteiger partial charge in [-0.15, -0.1) is 0 Å². The number of benzene rings is 1. The van der Waals surface area contributed by atoms with Crippen molar-refractivity contribution < 1.29 is 0 Å². The van der Waals surface area contributed by atoms with E-state index in [2.05, 4.69) is 49.6 Å². The summed E-state index contributed by atoms with van der Waals surface area (Å²) in [7, 11) is 2.17. The number of nitrogens with one attached hydrogen (secondary N) is 1. The van der Waals surface area contributed by atoms with Crippen LogP contribution in [0.1, 0.15) is 50.5 Å². The molecule has 0 aliphatic heterocycles. The fraction of sp³-hybridized carbons (Fsp3) is 0.667. The van der Waals surface area contributed by atoms with Crippen molar-refractivity contribution in [1.82, 2.24) is 5.32 Å². The van der Waals surface area contributed by atoms with E-state index in [0.29, 0.717) is 0 Å². The van der Waals surface area contributed by atoms with E-state index >= 15 is 0 Å². The molecule has 0 aromatic heterocycles. The van der Waals surface area contributed by atoms with Gasteiger partial charge in [0.05, 0.1) is 0 Å². The highest BCUT2D eigenvalue weighted by Crippen LogP contribution is 2.52. The van der Waals surface area contributed by atoms with Gasteiger partial charge in [-0.3, -0.25) is 0 Å². The first-order chi connectivity index (χ1) is 9.29. The highest BCUT2D eigenvalue weighted by Gasteiger charge is 2.46. The molecule has 3 rings (SSSR count). The molecule has 3 atom stereocenters. The van der Waals surface area contributed by atoms with Crippen LogP contribution in [0.15, 0.2) is 30.3 Å². The number of hydrogen-bond donors (Lipinski definition) is 1. The lowest BCUT2D eigenvalue weighted by Crippen LogP contribution is -2.37. The van der Waals surface area contributed by atoms with Gasteiger partial charge >= 0.3 is 0 Å². The van der Waals surface area contributed by atoms with Crippen molar-refractivity contribution in [3.63, 3.8) is 0 Å². The van der Waals surface area contributed by atoms with E-state index in [1.807, 2.05) is 0 Å². The van der Waals surface area contributed by atoms with Gasteiger partial charge in [-0.1, -0.05) is 50.1 Å². The average Bonchev–Trinajstić information content (AvgIpc) is 3.23. The van der Waals surface area contributed by atoms with Crippen molar-refractivity contribution >= 4 is 0 Å². The zero-order valence-electron chi connectivity index (χ0n) is 12.3. The Balaban J connectivity index is 1.62. The third-order valence-corrected chi connectivity index (χ3v) is 5.43. The Hall–Kier alpha value is -0.820. The Morgan fingerprint density at radius 1 is 1.05 bits per heavy atom. The van der Waals surface area contributed by atoms with E-state index in [1.54, 1.807) is 5.56 Å². The molecule has 1 N–H and O–H groups in total. The van der Waals surface area contributed by atoms with Gasteiger partial charge < -0.3 is 5.32 Å². The lowest BCUT2D eigenvalue weighted by molar-refractivity contribution is 0.220. The monoisotopic (exact) mass is 257 g/mol. The lowest BCUT2D eigenvalue weighted by atomic mass is 9.77. The molecule has 0 spiro atoms. The van der Waals surface area contributed by atoms with Crippen molar-refractivity contribution in [2.24, 2.45) is 17.8 Å². The van der Waals surface area contributed by atoms with Crippen molar-refractivity contribution in [2.75, 3.05) is 7.05 Å². The maximum absolute atomic E-state index is 3.65. The molecule has 2 saturated carbocycles. The predicted molar refractivity (Wildman–Crippen MR) is 81.3 cm³/mol. The van der Waals surface area contributed by atoms with Crippen LogP contribution in [-0.2, 0) is 0 Å². The molecule has 0 saturated heterocycles. The van der Waals surface area contributed by atoms with Gasteiger partial charge in [0.15, 0.2) is 0 Å². The molecule has 0 heterocycles. The fourth-order valence-electron chi connectivity index (χ4n) is 4.14. The summed E-state index contributed by atoms with van der Waals surface area (Å²) in [6.45, 7) is 2.41. The van der Waals surface area contributed by atoms with Gasteiger partial charge in [0, 0.05) is 6.04 Å². The highest BCUT2D eigenvalue weighted by molar-refractivity contribution is 5.26. The van der Waals surface area contributed by atoms with Gasteiger partial charge in [-0.05, 0) is 55.5 Å². The average molecular weight is 257 g/mol. The van der Waals surface area contributed by atoms with Crippen LogP contribution in [0.3, 0.4) is 0 Å². The van der Waals surface area contributed by atoms with Crippen LogP contribution in [0.25, 0.3) is 0 Å². The molecule has 0 bridgehead atoms. The van der Waals surface area contributed by atoms with Crippen LogP contribution < -0.4 is 5.32 Å². The van der Waals surface area contributed by atoms with Crippen LogP contribution in [-0.4, -0.2) is 13.1 Å². The Labute approximate surface area is 117 Å². The van der Waals surface area contributed by atoms with E-state index in [4.69, 9.17) is 0 Å². The maximum Gasteiger partial charge on any atom is 0.0127 e. The minimum Gasteiger partial charge on any atom is -0.316 e. The first-order valence-electron chi connectivity index (χ1n) is 8.01. The molecule has 1 heteroatoms. The SMILES string of the molecule is CNC(C1CCC(C)CC1)C1CC1c1ccccc1. The van der Waals surface area contributed by atoms with Crippen LogP contribution in [0.4, 0.5) is 0 Å². The zero-order chi connectivity index (χ0) is 13.2. The summed E-state index contributed by atoms with van der Waals surface area (Å²) in [5.41, 5.74) is 1.55. The van der Waals surface area contributed by atoms with Crippen molar-refractivity contribution in [3.8, 4) is 0 Å². The van der Waals surface area contributed by atoms with Crippen LogP contribution in [0.2, 0.25) is 0 Å². The second-order valence-corrected chi connectivity index (χ2v) is 6.75. The Morgan fingerprint density at radius 2 is 1.74 bits per heavy atom. The minimum atomic E-state index is 0.748. The normalized spacial score (nSPS) is 35.9. The highest BCUT2D eigenvalue weighted by atomic mass is 14.9. The lowest BCUT2D eigenvalue weighted by Gasteiger charge is -2.33. The Morgan fingerprint density at radius 3 is 2.37 bits per heavy atom. The molecule has 1 aromatic carbocycles. The summed E-state index contributed by atoms with van der Waals surface area (Å²) in [6, 6.07) is 11.8. The molecule has 0 amide bonds. The summed E-state index contributed by atoms with van der Waals surface area (Å²) in [4.78, 5) is 0. The van der Waals surface area contributed by atoms with E-state index in [1.165, 1.54) is 32.1 Å². The standard InChI is InChI=1S/C18H27N/c1-13-8-10-15(11-9-13)18(19-2)17-12-16(17)14-6-4-3-5-7-14/h3-7,13,15-19H,8-12H2,1-2H3. The van der Waals surface area contributed by atoms with Gasteiger partial charge in [0.1, 0.15) is 0 Å². The van der Waals surface area contributed by atoms with E-state index in [0.717, 1.165) is 29.7 Å². The molecule has 19 heavy (non-hydrogen) atoms. The van der Waals surface area contributed by atoms with Gasteiger partial charge in [-0.25, -0.2) is 0 Å². The van der Waals surface area contributed by atoms with Gasteiger partial charge in [0.25, 0.3) is 0 Å². The molecule has 2 aliphatic carbocycles. The first-order valence-corrected chi connectivity index (χ1v) is 8.01. The summed E-state index contributed by atoms with van der Waals surface area (Å²) in [5, 5.41) is 3.65. The van der Waals surface area contributed by atoms with Gasteiger partial charge in [-0.2, -0.15) is 0 Å². The van der Waals surface area contributed by atoms with E-state index in [9.17, 15) is 0 Å². The molecule has 2 aliphatic rings. The number of hydrogen-bond acceptors (Lipinski definition) is 1. The Bertz CT molecular complexity index is 391. The number of rotatable bonds is 4. The van der Waals surface area contributed by atoms with Crippen LogP contribution in [0, 0.1) is 17.8 Å². The largest absolute Gasteiger partial charge is 0.316 e. The maximum atomic E-state index is 3.65. The van der Waals surface area contributed by atoms with E-state index < -0.39 is 0 Å². The molecular weight excluding hydrogens is 230 g/mol. The van der Waals surface area contributed by atoms with E-state index in [-0.39, 0.29) is 0 Å². The molecule has 1 nitrogen and oxygen atoms in total. The van der Waals surface area contributed by atoms with Crippen LogP contribution >= 0.6 is 0 Å². The Kier molecular flexibility index (Phi) is 3.93. The third-order valence-electron chi connectivity index (χ3n) is 5.43. The second kappa shape index (κ2) is 5.66. The zero-order valence-corrected chi connectivity index (χ0v) is 12.3. The minimum absolute atomic E-state index is 0.748. The van der Waals surface area contributed by atoms with Crippen LogP contribution in [0.5, 0.6) is 0 Å². The van der Waals surface area contributed by atoms with Crippen molar-refractivity contribution in [3.05, 3.63) is 35.9 Å². The summed E-state index contributed by atoms with van der Waals surface area (Å²) >= 11 is 0. The molecule has 3 unspecified atom stereocenters. The summed E-state index contributed by atoms with van der Waals surface area (Å²) in [6.07, 6.45) is 7.13. The van der Waals surface area contributed by atoms with Gasteiger partial charge in [0.2, 0.25) is 0 Å². The summed E-state index contributed by atoms with van der Waals surface area (Å²) < 4.78 is 0. The summed E-state index contributed by atoms with van der Waals surface area (Å²) in [5.74, 6) is 3.57. The quantitative estimate of drug-likeness (QED) is 0.852. The molecule has 1 aromatic rings. The van der Waals surface area contributed by atoms with Crippen molar-refractivity contribution in [2.45, 2.75) is 51.0 Å². The molecule has 2 fully saturated rings. The first kappa shape index (κ1) is 13.2. The molecule has 104 valence electrons.